The van der Waals surface area contributed by atoms with Crippen molar-refractivity contribution in [3.63, 3.8) is 0 Å². The van der Waals surface area contributed by atoms with Gasteiger partial charge in [0.25, 0.3) is 0 Å². The Bertz CT molecular complexity index is 1260. The lowest BCUT2D eigenvalue weighted by molar-refractivity contribution is -0.0444. The lowest BCUT2D eigenvalue weighted by Gasteiger charge is -2.32. The molecule has 0 unspecified atom stereocenters. The van der Waals surface area contributed by atoms with Crippen LogP contribution in [0, 0.1) is 5.41 Å². The van der Waals surface area contributed by atoms with Gasteiger partial charge in [-0.3, -0.25) is 0 Å². The molecule has 0 bridgehead atoms. The van der Waals surface area contributed by atoms with Crippen LogP contribution in [0.4, 0.5) is 0 Å². The van der Waals surface area contributed by atoms with E-state index in [2.05, 4.69) is 127 Å². The van der Waals surface area contributed by atoms with E-state index in [1.807, 2.05) is 31.2 Å². The highest BCUT2D eigenvalue weighted by atomic mass is 16.5. The van der Waals surface area contributed by atoms with Gasteiger partial charge in [-0.15, -0.1) is 0 Å². The zero-order valence-corrected chi connectivity index (χ0v) is 28.9. The summed E-state index contributed by atoms with van der Waals surface area (Å²) in [4.78, 5) is 0. The molecule has 0 amide bonds. The van der Waals surface area contributed by atoms with Crippen molar-refractivity contribution < 1.29 is 9.84 Å². The minimum Gasteiger partial charge on any atom is -0.387 e. The molecule has 1 aliphatic rings. The summed E-state index contributed by atoms with van der Waals surface area (Å²) in [5.41, 5.74) is 8.30. The number of methoxy groups -OCH3 is 1. The first-order valence-corrected chi connectivity index (χ1v) is 15.5. The van der Waals surface area contributed by atoms with Crippen LogP contribution in [0.5, 0.6) is 0 Å². The Kier molecular flexibility index (Phi) is 16.8. The smallest absolute Gasteiger partial charge is 0.104 e. The molecule has 0 fully saturated rings. The third kappa shape index (κ3) is 16.3. The van der Waals surface area contributed by atoms with E-state index in [1.54, 1.807) is 21.0 Å². The molecule has 0 aromatic carbocycles. The van der Waals surface area contributed by atoms with Crippen LogP contribution in [0.2, 0.25) is 0 Å². The fourth-order valence-corrected chi connectivity index (χ4v) is 4.81. The van der Waals surface area contributed by atoms with Gasteiger partial charge in [-0.2, -0.15) is 0 Å². The summed E-state index contributed by atoms with van der Waals surface area (Å²) < 4.78 is 5.34. The maximum absolute atomic E-state index is 10.1. The van der Waals surface area contributed by atoms with Crippen molar-refractivity contribution in [3.8, 4) is 0 Å². The van der Waals surface area contributed by atoms with Gasteiger partial charge < -0.3 is 9.84 Å². The first-order chi connectivity index (χ1) is 20.2. The molecule has 0 radical (unpaired) electrons. The predicted octanol–water partition coefficient (Wildman–Crippen LogP) is 11.4. The molecule has 1 N–H and O–H groups in total. The Morgan fingerprint density at radius 2 is 1.14 bits per heavy atom. The second-order valence-electron chi connectivity index (χ2n) is 12.9. The molecule has 1 aliphatic carbocycles. The Morgan fingerprint density at radius 1 is 0.721 bits per heavy atom. The fraction of sp³-hybridized carbons (Fsp3) is 0.415. The van der Waals surface area contributed by atoms with Crippen molar-refractivity contribution in [2.24, 2.45) is 5.41 Å². The molecule has 0 saturated heterocycles. The lowest BCUT2D eigenvalue weighted by Crippen LogP contribution is -2.35. The molecule has 0 aromatic rings. The van der Waals surface area contributed by atoms with Crippen molar-refractivity contribution in [2.45, 2.75) is 100 Å². The summed E-state index contributed by atoms with van der Waals surface area (Å²) in [6.45, 7) is 21.0. The first-order valence-electron chi connectivity index (χ1n) is 15.5. The van der Waals surface area contributed by atoms with Gasteiger partial charge in [-0.05, 0) is 85.6 Å². The molecule has 2 heteroatoms. The third-order valence-corrected chi connectivity index (χ3v) is 7.52. The summed E-state index contributed by atoms with van der Waals surface area (Å²) in [6, 6.07) is 0. The van der Waals surface area contributed by atoms with E-state index in [9.17, 15) is 5.11 Å². The molecule has 2 nitrogen and oxygen atoms in total. The molecular formula is C41H58O2. The molecular weight excluding hydrogens is 524 g/mol. The van der Waals surface area contributed by atoms with E-state index < -0.39 is 5.60 Å². The van der Waals surface area contributed by atoms with Crippen molar-refractivity contribution >= 4 is 0 Å². The van der Waals surface area contributed by atoms with Crippen LogP contribution < -0.4 is 0 Å². The van der Waals surface area contributed by atoms with Crippen LogP contribution in [0.15, 0.2) is 142 Å². The van der Waals surface area contributed by atoms with E-state index in [1.165, 1.54) is 47.1 Å². The molecule has 1 atom stereocenters. The van der Waals surface area contributed by atoms with E-state index in [0.717, 1.165) is 11.1 Å². The largest absolute Gasteiger partial charge is 0.387 e. The SMILES string of the molecule is CO[C@@H](/C=C/C(C)=C/C=C/C(C)=C/C=C/C(C)=C/C=C/C=C(C)/C=C/C=C(C)/C=C/C1=C(C)CCCC1(C)C)C(C)(C)O. The molecule has 43 heavy (non-hydrogen) atoms. The van der Waals surface area contributed by atoms with Gasteiger partial charge in [0.05, 0.1) is 5.60 Å². The quantitative estimate of drug-likeness (QED) is 0.206. The Balaban J connectivity index is 2.63. The van der Waals surface area contributed by atoms with E-state index >= 15 is 0 Å². The second-order valence-corrected chi connectivity index (χ2v) is 12.9. The molecule has 0 heterocycles. The van der Waals surface area contributed by atoms with Gasteiger partial charge in [-0.25, -0.2) is 0 Å². The topological polar surface area (TPSA) is 29.5 Å². The molecule has 0 saturated carbocycles. The van der Waals surface area contributed by atoms with Crippen LogP contribution in [-0.2, 0) is 4.74 Å². The highest BCUT2D eigenvalue weighted by Gasteiger charge is 2.26. The zero-order chi connectivity index (χ0) is 32.5. The van der Waals surface area contributed by atoms with E-state index in [-0.39, 0.29) is 11.5 Å². The summed E-state index contributed by atoms with van der Waals surface area (Å²) in [6.07, 6.45) is 39.2. The summed E-state index contributed by atoms with van der Waals surface area (Å²) in [5.74, 6) is 0. The minimum atomic E-state index is -0.916. The predicted molar refractivity (Wildman–Crippen MR) is 191 cm³/mol. The first kappa shape index (κ1) is 37.8. The van der Waals surface area contributed by atoms with Crippen LogP contribution in [0.3, 0.4) is 0 Å². The van der Waals surface area contributed by atoms with Crippen LogP contribution in [0.25, 0.3) is 0 Å². The average Bonchev–Trinajstić information content (AvgIpc) is 2.90. The maximum Gasteiger partial charge on any atom is 0.104 e. The van der Waals surface area contributed by atoms with Gasteiger partial charge >= 0.3 is 0 Å². The normalized spacial score (nSPS) is 19.6. The van der Waals surface area contributed by atoms with Crippen LogP contribution in [-0.4, -0.2) is 23.9 Å². The van der Waals surface area contributed by atoms with Gasteiger partial charge in [0.1, 0.15) is 6.10 Å². The lowest BCUT2D eigenvalue weighted by atomic mass is 9.72. The van der Waals surface area contributed by atoms with Crippen molar-refractivity contribution in [3.05, 3.63) is 142 Å². The van der Waals surface area contributed by atoms with Crippen molar-refractivity contribution in [2.75, 3.05) is 7.11 Å². The third-order valence-electron chi connectivity index (χ3n) is 7.52. The van der Waals surface area contributed by atoms with Crippen LogP contribution in [0.1, 0.15) is 88.5 Å². The van der Waals surface area contributed by atoms with Gasteiger partial charge in [0.15, 0.2) is 0 Å². The Labute approximate surface area is 264 Å². The fourth-order valence-electron chi connectivity index (χ4n) is 4.81. The van der Waals surface area contributed by atoms with Crippen molar-refractivity contribution in [1.29, 1.82) is 0 Å². The summed E-state index contributed by atoms with van der Waals surface area (Å²) in [5, 5.41) is 10.1. The number of hydrogen-bond donors (Lipinski definition) is 1. The number of aliphatic hydroxyl groups is 1. The zero-order valence-electron chi connectivity index (χ0n) is 28.9. The summed E-state index contributed by atoms with van der Waals surface area (Å²) in [7, 11) is 1.61. The van der Waals surface area contributed by atoms with Gasteiger partial charge in [-0.1, -0.05) is 151 Å². The number of rotatable bonds is 14. The molecule has 0 aromatic heterocycles. The van der Waals surface area contributed by atoms with Crippen LogP contribution >= 0.6 is 0 Å². The van der Waals surface area contributed by atoms with E-state index in [0.29, 0.717) is 0 Å². The molecule has 0 aliphatic heterocycles. The standard InChI is InChI=1S/C41H58O2/c1-32(20-14-22-34(3)23-16-25-36(5)28-30-39(43-11)41(9,10)42)18-12-13-19-33(2)21-15-24-35(4)27-29-38-37(6)26-17-31-40(38,7)8/h12-16,18-25,27-30,39,42H,17,26,31H2,1-11H3/b13-12+,20-14+,21-15+,23-16+,29-27+,30-28+,32-18+,33-19+,34-22+,35-24+,36-25+/t39-/m0/s1. The number of hydrogen-bond acceptors (Lipinski definition) is 2. The van der Waals surface area contributed by atoms with Gasteiger partial charge in [0.2, 0.25) is 0 Å². The highest BCUT2D eigenvalue weighted by molar-refractivity contribution is 5.37. The Hall–Kier alpha value is -3.20. The summed E-state index contributed by atoms with van der Waals surface area (Å²) >= 11 is 0. The minimum absolute atomic E-state index is 0.279. The van der Waals surface area contributed by atoms with E-state index in [4.69, 9.17) is 4.74 Å². The van der Waals surface area contributed by atoms with Crippen molar-refractivity contribution in [1.82, 2.24) is 0 Å². The number of ether oxygens (including phenoxy) is 1. The highest BCUT2D eigenvalue weighted by Crippen LogP contribution is 2.40. The Morgan fingerprint density at radius 3 is 1.56 bits per heavy atom. The average molecular weight is 583 g/mol. The van der Waals surface area contributed by atoms with Gasteiger partial charge in [0, 0.05) is 7.11 Å². The number of allylic oxidation sites excluding steroid dienone is 23. The molecule has 1 rings (SSSR count). The molecule has 234 valence electrons. The monoisotopic (exact) mass is 582 g/mol. The maximum atomic E-state index is 10.1. The molecule has 0 spiro atoms. The second kappa shape index (κ2) is 19.2.